The van der Waals surface area contributed by atoms with E-state index in [0.717, 1.165) is 24.5 Å². The molecule has 3 heterocycles. The van der Waals surface area contributed by atoms with Gasteiger partial charge < -0.3 is 19.0 Å². The molecule has 0 saturated carbocycles. The Hall–Kier alpha value is -3.72. The number of furan rings is 1. The van der Waals surface area contributed by atoms with Crippen LogP contribution < -0.4 is 15.2 Å². The summed E-state index contributed by atoms with van der Waals surface area (Å²) < 4.78 is 12.5. The number of methoxy groups -OCH3 is 1. The number of thioether (sulfide) groups is 1. The maximum absolute atomic E-state index is 13.2. The molecule has 1 aliphatic heterocycles. The zero-order valence-corrected chi connectivity index (χ0v) is 20.2. The monoisotopic (exact) mass is 490 g/mol. The number of para-hydroxylation sites is 3. The van der Waals surface area contributed by atoms with Crippen LogP contribution in [0.25, 0.3) is 10.9 Å². The van der Waals surface area contributed by atoms with Gasteiger partial charge >= 0.3 is 0 Å². The van der Waals surface area contributed by atoms with Crippen LogP contribution in [-0.4, -0.2) is 59.4 Å². The van der Waals surface area contributed by atoms with Gasteiger partial charge in [-0.1, -0.05) is 36.0 Å². The number of fused-ring (bicyclic) bond motifs is 1. The second-order valence-electron chi connectivity index (χ2n) is 8.21. The molecule has 9 heteroatoms. The molecule has 35 heavy (non-hydrogen) atoms. The zero-order valence-electron chi connectivity index (χ0n) is 19.4. The van der Waals surface area contributed by atoms with E-state index in [0.29, 0.717) is 34.9 Å². The largest absolute Gasteiger partial charge is 0.495 e. The summed E-state index contributed by atoms with van der Waals surface area (Å²) in [5, 5.41) is 1.05. The third-order valence-electron chi connectivity index (χ3n) is 6.10. The number of amides is 1. The highest BCUT2D eigenvalue weighted by Crippen LogP contribution is 2.28. The molecule has 1 fully saturated rings. The Morgan fingerprint density at radius 2 is 1.80 bits per heavy atom. The number of hydrogen-bond acceptors (Lipinski definition) is 7. The maximum atomic E-state index is 13.2. The summed E-state index contributed by atoms with van der Waals surface area (Å²) in [5.74, 6) is 1.73. The van der Waals surface area contributed by atoms with Crippen molar-refractivity contribution in [3.63, 3.8) is 0 Å². The molecule has 1 amide bonds. The number of carbonyl (C=O) groups is 1. The number of hydrogen-bond donors (Lipinski definition) is 0. The first kappa shape index (κ1) is 23.0. The average molecular weight is 491 g/mol. The molecule has 2 aromatic carbocycles. The lowest BCUT2D eigenvalue weighted by Gasteiger charge is -2.36. The normalized spacial score (nSPS) is 13.9. The summed E-state index contributed by atoms with van der Waals surface area (Å²) in [6, 6.07) is 18.8. The fourth-order valence-corrected chi connectivity index (χ4v) is 5.16. The van der Waals surface area contributed by atoms with Crippen molar-refractivity contribution in [2.75, 3.05) is 43.9 Å². The predicted molar refractivity (Wildman–Crippen MR) is 136 cm³/mol. The van der Waals surface area contributed by atoms with Gasteiger partial charge in [0.05, 0.1) is 42.3 Å². The molecular weight excluding hydrogens is 464 g/mol. The fourth-order valence-electron chi connectivity index (χ4n) is 4.26. The third-order valence-corrected chi connectivity index (χ3v) is 7.06. The van der Waals surface area contributed by atoms with E-state index in [1.807, 2.05) is 53.4 Å². The van der Waals surface area contributed by atoms with Gasteiger partial charge in [0.2, 0.25) is 5.91 Å². The van der Waals surface area contributed by atoms with E-state index >= 15 is 0 Å². The Kier molecular flexibility index (Phi) is 6.76. The van der Waals surface area contributed by atoms with E-state index < -0.39 is 0 Å². The molecule has 0 aliphatic carbocycles. The highest BCUT2D eigenvalue weighted by atomic mass is 32.2. The lowest BCUT2D eigenvalue weighted by molar-refractivity contribution is -0.128. The molecule has 0 atom stereocenters. The Morgan fingerprint density at radius 3 is 2.57 bits per heavy atom. The predicted octanol–water partition coefficient (Wildman–Crippen LogP) is 3.49. The van der Waals surface area contributed by atoms with Crippen LogP contribution in [0.2, 0.25) is 0 Å². The second kappa shape index (κ2) is 10.3. The van der Waals surface area contributed by atoms with Crippen molar-refractivity contribution < 1.29 is 13.9 Å². The minimum atomic E-state index is -0.146. The Labute approximate surface area is 207 Å². The van der Waals surface area contributed by atoms with Gasteiger partial charge in [-0.15, -0.1) is 0 Å². The van der Waals surface area contributed by atoms with Crippen LogP contribution in [0.1, 0.15) is 5.76 Å². The van der Waals surface area contributed by atoms with Gasteiger partial charge in [0.15, 0.2) is 5.16 Å². The molecule has 4 aromatic rings. The van der Waals surface area contributed by atoms with Gasteiger partial charge in [-0.2, -0.15) is 0 Å². The first-order valence-corrected chi connectivity index (χ1v) is 12.4. The average Bonchev–Trinajstić information content (AvgIpc) is 3.42. The molecule has 1 saturated heterocycles. The van der Waals surface area contributed by atoms with E-state index in [4.69, 9.17) is 14.1 Å². The Morgan fingerprint density at radius 1 is 1.03 bits per heavy atom. The Bertz CT molecular complexity index is 1380. The molecule has 1 aliphatic rings. The molecule has 0 spiro atoms. The number of piperazine rings is 1. The summed E-state index contributed by atoms with van der Waals surface area (Å²) in [6.07, 6.45) is 1.58. The molecule has 0 N–H and O–H groups in total. The molecule has 8 nitrogen and oxygen atoms in total. The minimum Gasteiger partial charge on any atom is -0.495 e. The molecule has 0 unspecified atom stereocenters. The van der Waals surface area contributed by atoms with Gasteiger partial charge in [0, 0.05) is 26.2 Å². The van der Waals surface area contributed by atoms with E-state index in [1.165, 1.54) is 11.8 Å². The number of rotatable bonds is 7. The number of anilines is 1. The standard InChI is InChI=1S/C26H26N4O4S/c1-33-23-11-5-4-10-22(23)28-12-14-29(15-13-28)24(31)18-35-26-27-21-9-3-2-8-20(21)25(32)30(26)17-19-7-6-16-34-19/h2-11,16H,12-15,17-18H2,1H3. The summed E-state index contributed by atoms with van der Waals surface area (Å²) in [7, 11) is 1.67. The molecule has 5 rings (SSSR count). The van der Waals surface area contributed by atoms with E-state index in [2.05, 4.69) is 4.90 Å². The maximum Gasteiger partial charge on any atom is 0.262 e. The topological polar surface area (TPSA) is 80.8 Å². The van der Waals surface area contributed by atoms with Crippen molar-refractivity contribution in [3.05, 3.63) is 83.0 Å². The first-order valence-electron chi connectivity index (χ1n) is 11.4. The van der Waals surface area contributed by atoms with E-state index in [1.54, 1.807) is 30.1 Å². The molecule has 180 valence electrons. The highest BCUT2D eigenvalue weighted by molar-refractivity contribution is 7.99. The summed E-state index contributed by atoms with van der Waals surface area (Å²) >= 11 is 1.29. The van der Waals surface area contributed by atoms with Gasteiger partial charge in [0.1, 0.15) is 11.5 Å². The van der Waals surface area contributed by atoms with Crippen LogP contribution in [0.15, 0.2) is 81.3 Å². The smallest absolute Gasteiger partial charge is 0.262 e. The number of nitrogens with zero attached hydrogens (tertiary/aromatic N) is 4. The van der Waals surface area contributed by atoms with Crippen molar-refractivity contribution in [2.45, 2.75) is 11.7 Å². The van der Waals surface area contributed by atoms with Crippen molar-refractivity contribution >= 4 is 34.3 Å². The van der Waals surface area contributed by atoms with Crippen molar-refractivity contribution in [2.24, 2.45) is 0 Å². The summed E-state index contributed by atoms with van der Waals surface area (Å²) in [5.41, 5.74) is 1.51. The first-order chi connectivity index (χ1) is 17.1. The lowest BCUT2D eigenvalue weighted by atomic mass is 10.2. The fraction of sp³-hybridized carbons (Fsp3) is 0.269. The van der Waals surface area contributed by atoms with Crippen molar-refractivity contribution in [3.8, 4) is 5.75 Å². The van der Waals surface area contributed by atoms with Crippen molar-refractivity contribution in [1.29, 1.82) is 0 Å². The van der Waals surface area contributed by atoms with Crippen LogP contribution in [0, 0.1) is 0 Å². The number of benzene rings is 2. The number of ether oxygens (including phenoxy) is 1. The molecule has 0 radical (unpaired) electrons. The highest BCUT2D eigenvalue weighted by Gasteiger charge is 2.23. The zero-order chi connectivity index (χ0) is 24.2. The van der Waals surface area contributed by atoms with Crippen LogP contribution in [0.4, 0.5) is 5.69 Å². The van der Waals surface area contributed by atoms with Crippen LogP contribution in [0.5, 0.6) is 5.75 Å². The van der Waals surface area contributed by atoms with Gasteiger partial charge in [-0.05, 0) is 36.4 Å². The van der Waals surface area contributed by atoms with Crippen LogP contribution >= 0.6 is 11.8 Å². The number of aromatic nitrogens is 2. The van der Waals surface area contributed by atoms with E-state index in [9.17, 15) is 9.59 Å². The second-order valence-corrected chi connectivity index (χ2v) is 9.15. The van der Waals surface area contributed by atoms with Crippen LogP contribution in [-0.2, 0) is 11.3 Å². The molecule has 0 bridgehead atoms. The van der Waals surface area contributed by atoms with Gasteiger partial charge in [-0.25, -0.2) is 4.98 Å². The molecular formula is C26H26N4O4S. The minimum absolute atomic E-state index is 0.0293. The van der Waals surface area contributed by atoms with Gasteiger partial charge in [-0.3, -0.25) is 14.2 Å². The summed E-state index contributed by atoms with van der Waals surface area (Å²) in [4.78, 5) is 35.0. The summed E-state index contributed by atoms with van der Waals surface area (Å²) in [6.45, 7) is 2.98. The number of carbonyl (C=O) groups excluding carboxylic acids is 1. The van der Waals surface area contributed by atoms with Gasteiger partial charge in [0.25, 0.3) is 5.56 Å². The van der Waals surface area contributed by atoms with E-state index in [-0.39, 0.29) is 23.8 Å². The van der Waals surface area contributed by atoms with Crippen LogP contribution in [0.3, 0.4) is 0 Å². The Balaban J connectivity index is 1.29. The quantitative estimate of drug-likeness (QED) is 0.290. The molecule has 2 aromatic heterocycles. The SMILES string of the molecule is COc1ccccc1N1CCN(C(=O)CSc2nc3ccccc3c(=O)n2Cc2ccco2)CC1. The van der Waals surface area contributed by atoms with Crippen molar-refractivity contribution in [1.82, 2.24) is 14.5 Å². The third kappa shape index (κ3) is 4.90. The lowest BCUT2D eigenvalue weighted by Crippen LogP contribution is -2.49.